The Morgan fingerprint density at radius 1 is 0.935 bits per heavy atom. The number of sulfonamides is 1. The van der Waals surface area contributed by atoms with Gasteiger partial charge in [0.15, 0.2) is 0 Å². The average Bonchev–Trinajstić information content (AvgIpc) is 3.04. The Morgan fingerprint density at radius 2 is 1.63 bits per heavy atom. The molecule has 242 valence electrons. The molecule has 0 saturated heterocycles. The monoisotopic (exact) mass is 725 g/mol. The van der Waals surface area contributed by atoms with E-state index in [1.807, 2.05) is 68.4 Å². The van der Waals surface area contributed by atoms with Crippen LogP contribution in [0.4, 0.5) is 5.69 Å². The molecule has 0 unspecified atom stereocenters. The fraction of sp³-hybridized carbons (Fsp3) is 0.257. The van der Waals surface area contributed by atoms with Gasteiger partial charge in [0.1, 0.15) is 18.3 Å². The predicted molar refractivity (Wildman–Crippen MR) is 186 cm³/mol. The van der Waals surface area contributed by atoms with E-state index in [9.17, 15) is 18.0 Å². The van der Waals surface area contributed by atoms with E-state index in [0.717, 1.165) is 25.5 Å². The summed E-state index contributed by atoms with van der Waals surface area (Å²) in [4.78, 5) is 29.8. The van der Waals surface area contributed by atoms with Gasteiger partial charge in [-0.25, -0.2) is 8.42 Å². The summed E-state index contributed by atoms with van der Waals surface area (Å²) in [6.45, 7) is 3.67. The molecule has 4 aromatic carbocycles. The normalized spacial score (nSPS) is 11.8. The summed E-state index contributed by atoms with van der Waals surface area (Å²) < 4.78 is 35.9. The van der Waals surface area contributed by atoms with Crippen LogP contribution < -0.4 is 14.4 Å². The molecule has 0 radical (unpaired) electrons. The fourth-order valence-corrected chi connectivity index (χ4v) is 6.99. The minimum Gasteiger partial charge on any atom is -0.495 e. The molecule has 0 aliphatic heterocycles. The third kappa shape index (κ3) is 8.90. The van der Waals surface area contributed by atoms with Gasteiger partial charge in [0.25, 0.3) is 10.0 Å². The van der Waals surface area contributed by atoms with Crippen molar-refractivity contribution < 1.29 is 22.7 Å². The van der Waals surface area contributed by atoms with Crippen LogP contribution in [0.15, 0.2) is 106 Å². The molecule has 2 amide bonds. The van der Waals surface area contributed by atoms with Gasteiger partial charge < -0.3 is 15.0 Å². The molecular weight excluding hydrogens is 690 g/mol. The summed E-state index contributed by atoms with van der Waals surface area (Å²) in [5, 5.41) is 3.21. The van der Waals surface area contributed by atoms with Gasteiger partial charge in [-0.1, -0.05) is 94.6 Å². The zero-order chi connectivity index (χ0) is 33.3. The summed E-state index contributed by atoms with van der Waals surface area (Å²) in [6, 6.07) is 26.9. The van der Waals surface area contributed by atoms with Crippen molar-refractivity contribution in [2.24, 2.45) is 0 Å². The summed E-state index contributed by atoms with van der Waals surface area (Å²) in [6.07, 6.45) is 0.932. The van der Waals surface area contributed by atoms with Crippen LogP contribution in [0.1, 0.15) is 30.0 Å². The van der Waals surface area contributed by atoms with Gasteiger partial charge >= 0.3 is 0 Å². The molecule has 0 spiro atoms. The Bertz CT molecular complexity index is 1750. The Labute approximate surface area is 284 Å². The molecule has 0 bridgehead atoms. The number of nitrogens with one attached hydrogen (secondary N) is 1. The Hall–Kier alpha value is -3.86. The molecule has 8 nitrogen and oxygen atoms in total. The lowest BCUT2D eigenvalue weighted by molar-refractivity contribution is -0.140. The number of nitrogens with zero attached hydrogens (tertiary/aromatic N) is 2. The van der Waals surface area contributed by atoms with Crippen LogP contribution in [-0.4, -0.2) is 51.4 Å². The number of carbonyl (C=O) groups is 2. The first-order valence-corrected chi connectivity index (χ1v) is 17.4. The number of benzene rings is 4. The first-order valence-electron chi connectivity index (χ1n) is 14.8. The second kappa shape index (κ2) is 16.1. The van der Waals surface area contributed by atoms with Crippen molar-refractivity contribution in [2.75, 3.05) is 24.5 Å². The van der Waals surface area contributed by atoms with Gasteiger partial charge in [0, 0.05) is 29.0 Å². The van der Waals surface area contributed by atoms with Crippen molar-refractivity contribution in [2.45, 2.75) is 44.2 Å². The lowest BCUT2D eigenvalue weighted by Crippen LogP contribution is -2.53. The number of rotatable bonds is 14. The van der Waals surface area contributed by atoms with Crippen molar-refractivity contribution in [3.8, 4) is 5.75 Å². The highest BCUT2D eigenvalue weighted by Crippen LogP contribution is 2.35. The number of amides is 2. The van der Waals surface area contributed by atoms with Crippen LogP contribution in [0.2, 0.25) is 5.02 Å². The van der Waals surface area contributed by atoms with Crippen LogP contribution in [0.5, 0.6) is 5.75 Å². The molecule has 11 heteroatoms. The van der Waals surface area contributed by atoms with Gasteiger partial charge in [-0.3, -0.25) is 13.9 Å². The molecular formula is C35H37BrClN3O5S. The molecule has 46 heavy (non-hydrogen) atoms. The predicted octanol–water partition coefficient (Wildman–Crippen LogP) is 6.78. The topological polar surface area (TPSA) is 96.0 Å². The first kappa shape index (κ1) is 35.0. The SMILES string of the molecule is CCCNC(=O)[C@@H](Cc1ccccc1)N(Cc1cccc(Br)c1)C(=O)CN(c1cc(Cl)ccc1OC)S(=O)(=O)c1ccc(C)cc1. The molecule has 1 atom stereocenters. The Balaban J connectivity index is 1.85. The quantitative estimate of drug-likeness (QED) is 0.155. The highest BCUT2D eigenvalue weighted by molar-refractivity contribution is 9.10. The maximum atomic E-state index is 14.6. The first-order chi connectivity index (χ1) is 22.0. The maximum Gasteiger partial charge on any atom is 0.264 e. The second-order valence-electron chi connectivity index (χ2n) is 10.8. The molecule has 0 heterocycles. The summed E-state index contributed by atoms with van der Waals surface area (Å²) >= 11 is 9.85. The van der Waals surface area contributed by atoms with Crippen molar-refractivity contribution in [3.63, 3.8) is 0 Å². The molecule has 0 aliphatic carbocycles. The number of methoxy groups -OCH3 is 1. The van der Waals surface area contributed by atoms with Crippen LogP contribution in [0.3, 0.4) is 0 Å². The number of carbonyl (C=O) groups excluding carboxylic acids is 2. The van der Waals surface area contributed by atoms with Crippen LogP contribution in [-0.2, 0) is 32.6 Å². The molecule has 4 rings (SSSR count). The highest BCUT2D eigenvalue weighted by atomic mass is 79.9. The second-order valence-corrected chi connectivity index (χ2v) is 14.0. The van der Waals surface area contributed by atoms with Crippen molar-refractivity contribution in [1.82, 2.24) is 10.2 Å². The van der Waals surface area contributed by atoms with E-state index < -0.39 is 28.5 Å². The van der Waals surface area contributed by atoms with Crippen molar-refractivity contribution in [3.05, 3.63) is 123 Å². The van der Waals surface area contributed by atoms with E-state index in [1.54, 1.807) is 24.3 Å². The van der Waals surface area contributed by atoms with E-state index in [1.165, 1.54) is 30.2 Å². The van der Waals surface area contributed by atoms with Crippen LogP contribution >= 0.6 is 27.5 Å². The molecule has 4 aromatic rings. The van der Waals surface area contributed by atoms with Gasteiger partial charge in [-0.15, -0.1) is 0 Å². The number of hydrogen-bond acceptors (Lipinski definition) is 5. The standard InChI is InChI=1S/C35H37BrClN3O5S/c1-4-19-38-35(42)32(21-26-9-6-5-7-10-26)39(23-27-11-8-12-28(36)20-27)34(41)24-40(31-22-29(37)15-18-33(31)45-3)46(43,44)30-16-13-25(2)14-17-30/h5-18,20,22,32H,4,19,21,23-24H2,1-3H3,(H,38,42)/t32-/m1/s1. The summed E-state index contributed by atoms with van der Waals surface area (Å²) in [7, 11) is -2.89. The van der Waals surface area contributed by atoms with Gasteiger partial charge in [-0.2, -0.15) is 0 Å². The lowest BCUT2D eigenvalue weighted by atomic mass is 10.0. The third-order valence-corrected chi connectivity index (χ3v) is 9.86. The van der Waals surface area contributed by atoms with Gasteiger partial charge in [0.05, 0.1) is 17.7 Å². The highest BCUT2D eigenvalue weighted by Gasteiger charge is 2.35. The number of aryl methyl sites for hydroxylation is 1. The molecule has 0 fully saturated rings. The van der Waals surface area contributed by atoms with E-state index in [4.69, 9.17) is 16.3 Å². The maximum absolute atomic E-state index is 14.6. The number of hydrogen-bond donors (Lipinski definition) is 1. The smallest absolute Gasteiger partial charge is 0.264 e. The van der Waals surface area contributed by atoms with Crippen LogP contribution in [0.25, 0.3) is 0 Å². The fourth-order valence-electron chi connectivity index (χ4n) is 4.96. The van der Waals surface area contributed by atoms with E-state index in [2.05, 4.69) is 21.2 Å². The summed E-state index contributed by atoms with van der Waals surface area (Å²) in [5.41, 5.74) is 2.59. The minimum absolute atomic E-state index is 0.00649. The molecule has 0 aliphatic rings. The third-order valence-electron chi connectivity index (χ3n) is 7.36. The molecule has 0 saturated carbocycles. The number of ether oxygens (including phenoxy) is 1. The van der Waals surface area contributed by atoms with E-state index in [0.29, 0.717) is 13.0 Å². The largest absolute Gasteiger partial charge is 0.495 e. The molecule has 1 N–H and O–H groups in total. The Kier molecular flexibility index (Phi) is 12.3. The lowest BCUT2D eigenvalue weighted by Gasteiger charge is -2.34. The van der Waals surface area contributed by atoms with E-state index in [-0.39, 0.29) is 40.2 Å². The average molecular weight is 727 g/mol. The molecule has 0 aromatic heterocycles. The van der Waals surface area contributed by atoms with Crippen molar-refractivity contribution >= 4 is 55.1 Å². The number of anilines is 1. The number of halogens is 2. The van der Waals surface area contributed by atoms with Gasteiger partial charge in [-0.05, 0) is 66.9 Å². The van der Waals surface area contributed by atoms with Gasteiger partial charge in [0.2, 0.25) is 11.8 Å². The minimum atomic E-state index is -4.31. The van der Waals surface area contributed by atoms with Crippen molar-refractivity contribution in [1.29, 1.82) is 0 Å². The Morgan fingerprint density at radius 3 is 2.28 bits per heavy atom. The summed E-state index contributed by atoms with van der Waals surface area (Å²) in [5.74, 6) is -0.694. The zero-order valence-electron chi connectivity index (χ0n) is 26.0. The van der Waals surface area contributed by atoms with Crippen LogP contribution in [0, 0.1) is 6.92 Å². The van der Waals surface area contributed by atoms with E-state index >= 15 is 0 Å². The zero-order valence-corrected chi connectivity index (χ0v) is 29.1.